The van der Waals surface area contributed by atoms with E-state index in [1.54, 1.807) is 13.0 Å². The van der Waals surface area contributed by atoms with E-state index in [1.807, 2.05) is 18.5 Å². The van der Waals surface area contributed by atoms with Crippen LogP contribution in [0, 0.1) is 18.3 Å². The van der Waals surface area contributed by atoms with Crippen molar-refractivity contribution in [2.24, 2.45) is 10.9 Å². The van der Waals surface area contributed by atoms with Crippen LogP contribution in [-0.4, -0.2) is 29.1 Å². The first-order valence-electron chi connectivity index (χ1n) is 14.2. The topological polar surface area (TPSA) is 78.3 Å². The molecule has 0 radical (unpaired) electrons. The van der Waals surface area contributed by atoms with Gasteiger partial charge in [0.15, 0.2) is 0 Å². The number of benzene rings is 1. The van der Waals surface area contributed by atoms with Crippen LogP contribution in [0.3, 0.4) is 0 Å². The Hall–Kier alpha value is -3.68. The molecule has 1 atom stereocenters. The molecule has 1 unspecified atom stereocenters. The van der Waals surface area contributed by atoms with Gasteiger partial charge in [-0.05, 0) is 80.5 Å². The minimum atomic E-state index is -4.77. The Morgan fingerprint density at radius 3 is 2.80 bits per heavy atom. The summed E-state index contributed by atoms with van der Waals surface area (Å²) < 4.78 is 41.7. The minimum Gasteiger partial charge on any atom is -0.406 e. The van der Waals surface area contributed by atoms with Crippen LogP contribution in [0.5, 0.6) is 5.75 Å². The molecule has 3 rings (SSSR count). The van der Waals surface area contributed by atoms with E-state index < -0.39 is 6.36 Å². The van der Waals surface area contributed by atoms with E-state index in [9.17, 15) is 18.0 Å². The first kappa shape index (κ1) is 31.8. The number of hydrogen-bond acceptors (Lipinski definition) is 4. The number of aryl methyl sites for hydroxylation is 1. The Morgan fingerprint density at radius 2 is 2.05 bits per heavy atom. The summed E-state index contributed by atoms with van der Waals surface area (Å²) in [6, 6.07) is 6.35. The molecule has 5 nitrogen and oxygen atoms in total. The average Bonchev–Trinajstić information content (AvgIpc) is 3.31. The molecule has 0 spiro atoms. The van der Waals surface area contributed by atoms with E-state index in [-0.39, 0.29) is 30.1 Å². The average molecular weight is 568 g/mol. The van der Waals surface area contributed by atoms with Crippen LogP contribution < -0.4 is 4.74 Å². The van der Waals surface area contributed by atoms with E-state index in [2.05, 4.69) is 52.9 Å². The molecule has 2 N–H and O–H groups in total. The van der Waals surface area contributed by atoms with Crippen molar-refractivity contribution < 1.29 is 22.7 Å². The normalized spacial score (nSPS) is 16.9. The van der Waals surface area contributed by atoms with Crippen LogP contribution in [0.2, 0.25) is 0 Å². The molecular formula is C33H40F3N3O2. The van der Waals surface area contributed by atoms with Gasteiger partial charge >= 0.3 is 6.36 Å². The van der Waals surface area contributed by atoms with E-state index in [0.717, 1.165) is 55.5 Å². The van der Waals surface area contributed by atoms with Gasteiger partial charge in [-0.3, -0.25) is 9.79 Å². The molecule has 220 valence electrons. The molecule has 41 heavy (non-hydrogen) atoms. The highest BCUT2D eigenvalue weighted by atomic mass is 19.4. The Morgan fingerprint density at radius 1 is 1.24 bits per heavy atom. The number of nitrogens with one attached hydrogen (secondary N) is 2. The number of rotatable bonds is 14. The Bertz CT molecular complexity index is 1320. The fourth-order valence-corrected chi connectivity index (χ4v) is 5.08. The largest absolute Gasteiger partial charge is 0.573 e. The number of hydrogen-bond donors (Lipinski definition) is 2. The third-order valence-corrected chi connectivity index (χ3v) is 7.09. The Labute approximate surface area is 240 Å². The van der Waals surface area contributed by atoms with Crippen LogP contribution in [0.15, 0.2) is 65.3 Å². The summed E-state index contributed by atoms with van der Waals surface area (Å²) >= 11 is 0. The van der Waals surface area contributed by atoms with Crippen molar-refractivity contribution in [3.05, 3.63) is 82.7 Å². The van der Waals surface area contributed by atoms with Gasteiger partial charge in [0, 0.05) is 55.1 Å². The molecular weight excluding hydrogens is 527 g/mol. The zero-order valence-corrected chi connectivity index (χ0v) is 24.1. The van der Waals surface area contributed by atoms with Crippen LogP contribution >= 0.6 is 0 Å². The summed E-state index contributed by atoms with van der Waals surface area (Å²) in [5.74, 6) is 0.198. The number of aromatic nitrogens is 1. The summed E-state index contributed by atoms with van der Waals surface area (Å²) in [4.78, 5) is 20.4. The predicted molar refractivity (Wildman–Crippen MR) is 160 cm³/mol. The van der Waals surface area contributed by atoms with Gasteiger partial charge in [-0.2, -0.15) is 0 Å². The maximum absolute atomic E-state index is 12.6. The molecule has 8 heteroatoms. The van der Waals surface area contributed by atoms with Gasteiger partial charge in [0.25, 0.3) is 0 Å². The lowest BCUT2D eigenvalue weighted by Crippen LogP contribution is -2.17. The number of halogens is 3. The fourth-order valence-electron chi connectivity index (χ4n) is 5.08. The molecule has 0 bridgehead atoms. The monoisotopic (exact) mass is 567 g/mol. The maximum Gasteiger partial charge on any atom is 0.573 e. The van der Waals surface area contributed by atoms with Gasteiger partial charge in [0.05, 0.1) is 5.70 Å². The number of ketones is 1. The number of nitrogens with zero attached hydrogens (tertiary/aromatic N) is 1. The second-order valence-electron chi connectivity index (χ2n) is 10.7. The standard InChI is InChI=1S/C33H40F3N3O2/c1-4-25(10-7-9-23(2)19-32-30-14-16-39-31(30)13-5-6-15-38-32)11-8-12-28(40)22-27(37)20-26-17-24(3)18-29(21-26)41-33(34,35)36/h5-6,9,14-19,21,25,37,39H,4,7-8,10-13,20,22H2,1-3H3/b6-5+,23-9?,32-19+,37-27?,38-15-. The molecule has 0 aliphatic carbocycles. The number of carbonyl (C=O) groups excluding carboxylic acids is 1. The van der Waals surface area contributed by atoms with Crippen molar-refractivity contribution in [3.63, 3.8) is 0 Å². The highest BCUT2D eigenvalue weighted by Gasteiger charge is 2.31. The molecule has 1 aliphatic rings. The van der Waals surface area contributed by atoms with Crippen LogP contribution in [0.25, 0.3) is 5.70 Å². The third-order valence-electron chi connectivity index (χ3n) is 7.09. The van der Waals surface area contributed by atoms with Crippen molar-refractivity contribution in [2.75, 3.05) is 0 Å². The summed E-state index contributed by atoms with van der Waals surface area (Å²) in [5, 5.41) is 8.20. The van der Waals surface area contributed by atoms with Gasteiger partial charge in [-0.25, -0.2) is 0 Å². The summed E-state index contributed by atoms with van der Waals surface area (Å²) in [5.41, 5.74) is 5.73. The number of allylic oxidation sites excluding steroid dienone is 5. The first-order valence-corrected chi connectivity index (χ1v) is 14.2. The van der Waals surface area contributed by atoms with Crippen molar-refractivity contribution in [1.29, 1.82) is 5.41 Å². The number of carbonyl (C=O) groups is 1. The van der Waals surface area contributed by atoms with E-state index in [1.165, 1.54) is 17.7 Å². The van der Waals surface area contributed by atoms with Crippen molar-refractivity contribution >= 4 is 23.4 Å². The van der Waals surface area contributed by atoms with Gasteiger partial charge in [0.2, 0.25) is 0 Å². The smallest absolute Gasteiger partial charge is 0.406 e. The van der Waals surface area contributed by atoms with Gasteiger partial charge < -0.3 is 15.1 Å². The molecule has 0 saturated carbocycles. The zero-order valence-electron chi connectivity index (χ0n) is 24.1. The van der Waals surface area contributed by atoms with Gasteiger partial charge in [-0.15, -0.1) is 13.2 Å². The third kappa shape index (κ3) is 11.4. The van der Waals surface area contributed by atoms with Crippen molar-refractivity contribution in [3.8, 4) is 5.75 Å². The molecule has 1 aliphatic heterocycles. The number of H-pyrrole nitrogens is 1. The molecule has 1 aromatic carbocycles. The first-order chi connectivity index (χ1) is 19.5. The highest BCUT2D eigenvalue weighted by Crippen LogP contribution is 2.26. The number of ether oxygens (including phenoxy) is 1. The quantitative estimate of drug-likeness (QED) is 0.224. The lowest BCUT2D eigenvalue weighted by Gasteiger charge is -2.14. The van der Waals surface area contributed by atoms with Crippen molar-refractivity contribution in [1.82, 2.24) is 4.98 Å². The van der Waals surface area contributed by atoms with E-state index >= 15 is 0 Å². The molecule has 0 saturated heterocycles. The number of Topliss-reactive ketones (excluding diaryl/α,β-unsaturated/α-hetero) is 1. The van der Waals surface area contributed by atoms with E-state index in [4.69, 9.17) is 5.41 Å². The Kier molecular flexibility index (Phi) is 11.9. The minimum absolute atomic E-state index is 0.00892. The summed E-state index contributed by atoms with van der Waals surface area (Å²) in [6.07, 6.45) is 13.6. The predicted octanol–water partition coefficient (Wildman–Crippen LogP) is 8.89. The number of aromatic amines is 1. The SMILES string of the molecule is CCC(CCC=C(C)/C=C1/N=C\C=C\Cc2[nH]ccc21)CCCC(=O)CC(=N)Cc1cc(C)cc(OC(F)(F)F)c1. The summed E-state index contributed by atoms with van der Waals surface area (Å²) in [6.45, 7) is 5.94. The van der Waals surface area contributed by atoms with Gasteiger partial charge in [-0.1, -0.05) is 43.6 Å². The zero-order chi connectivity index (χ0) is 29.8. The van der Waals surface area contributed by atoms with Crippen LogP contribution in [0.4, 0.5) is 13.2 Å². The van der Waals surface area contributed by atoms with Crippen LogP contribution in [0.1, 0.15) is 81.2 Å². The molecule has 0 fully saturated rings. The number of fused-ring (bicyclic) bond motifs is 1. The molecule has 0 amide bonds. The van der Waals surface area contributed by atoms with Crippen LogP contribution in [-0.2, 0) is 17.6 Å². The number of aliphatic imine (C=N–C) groups is 1. The lowest BCUT2D eigenvalue weighted by atomic mass is 9.92. The van der Waals surface area contributed by atoms with E-state index in [0.29, 0.717) is 23.5 Å². The van der Waals surface area contributed by atoms with Crippen molar-refractivity contribution in [2.45, 2.75) is 84.9 Å². The lowest BCUT2D eigenvalue weighted by molar-refractivity contribution is -0.274. The molecule has 2 aromatic rings. The summed E-state index contributed by atoms with van der Waals surface area (Å²) in [7, 11) is 0. The van der Waals surface area contributed by atoms with Gasteiger partial charge in [0.1, 0.15) is 11.5 Å². The second kappa shape index (κ2) is 15.4. The Balaban J connectivity index is 1.42. The fraction of sp³-hybridized carbons (Fsp3) is 0.424. The molecule has 1 aromatic heterocycles. The second-order valence-corrected chi connectivity index (χ2v) is 10.7. The highest BCUT2D eigenvalue weighted by molar-refractivity contribution is 6.01. The molecule has 2 heterocycles. The number of alkyl halides is 3. The maximum atomic E-state index is 12.6.